The van der Waals surface area contributed by atoms with Gasteiger partial charge in [0.25, 0.3) is 0 Å². The van der Waals surface area contributed by atoms with Gasteiger partial charge in [0.05, 0.1) is 0 Å². The van der Waals surface area contributed by atoms with Crippen molar-refractivity contribution >= 4 is 0 Å². The molecule has 136 valence electrons. The highest BCUT2D eigenvalue weighted by molar-refractivity contribution is 5.29. The lowest BCUT2D eigenvalue weighted by Crippen LogP contribution is -2.09. The van der Waals surface area contributed by atoms with E-state index < -0.39 is 0 Å². The molecule has 0 radical (unpaired) electrons. The molecule has 0 fully saturated rings. The SMILES string of the molecule is CCC(CC)Cc1ccc(OCCOc2ccc(C(C)C)cc2)cc1. The van der Waals surface area contributed by atoms with Crippen LogP contribution in [0.25, 0.3) is 0 Å². The first-order valence-corrected chi connectivity index (χ1v) is 9.56. The van der Waals surface area contributed by atoms with Crippen molar-refractivity contribution in [3.05, 3.63) is 59.7 Å². The van der Waals surface area contributed by atoms with E-state index in [-0.39, 0.29) is 0 Å². The van der Waals surface area contributed by atoms with Gasteiger partial charge in [0, 0.05) is 0 Å². The predicted molar refractivity (Wildman–Crippen MR) is 106 cm³/mol. The molecule has 25 heavy (non-hydrogen) atoms. The van der Waals surface area contributed by atoms with Gasteiger partial charge < -0.3 is 9.47 Å². The van der Waals surface area contributed by atoms with Crippen LogP contribution in [0.15, 0.2) is 48.5 Å². The maximum absolute atomic E-state index is 5.78. The van der Waals surface area contributed by atoms with Crippen LogP contribution in [0.2, 0.25) is 0 Å². The zero-order valence-electron chi connectivity index (χ0n) is 16.1. The van der Waals surface area contributed by atoms with Crippen LogP contribution in [0, 0.1) is 5.92 Å². The minimum atomic E-state index is 0.547. The third kappa shape index (κ3) is 6.45. The minimum absolute atomic E-state index is 0.547. The maximum Gasteiger partial charge on any atom is 0.122 e. The van der Waals surface area contributed by atoms with Crippen LogP contribution in [-0.2, 0) is 6.42 Å². The van der Waals surface area contributed by atoms with Gasteiger partial charge in [-0.3, -0.25) is 0 Å². The summed E-state index contributed by atoms with van der Waals surface area (Å²) in [7, 11) is 0. The Bertz CT molecular complexity index is 595. The quantitative estimate of drug-likeness (QED) is 0.476. The highest BCUT2D eigenvalue weighted by Crippen LogP contribution is 2.20. The minimum Gasteiger partial charge on any atom is -0.490 e. The Morgan fingerprint density at radius 3 is 1.64 bits per heavy atom. The van der Waals surface area contributed by atoms with Gasteiger partial charge in [0.2, 0.25) is 0 Å². The lowest BCUT2D eigenvalue weighted by molar-refractivity contribution is 0.217. The molecule has 0 aliphatic heterocycles. The van der Waals surface area contributed by atoms with Gasteiger partial charge in [-0.25, -0.2) is 0 Å². The molecule has 0 aromatic heterocycles. The largest absolute Gasteiger partial charge is 0.490 e. The molecule has 2 aromatic rings. The van der Waals surface area contributed by atoms with Crippen molar-refractivity contribution in [3.8, 4) is 11.5 Å². The molecule has 0 amide bonds. The molecular weight excluding hydrogens is 308 g/mol. The highest BCUT2D eigenvalue weighted by atomic mass is 16.5. The first kappa shape index (κ1) is 19.4. The smallest absolute Gasteiger partial charge is 0.122 e. The van der Waals surface area contributed by atoms with E-state index in [1.54, 1.807) is 0 Å². The molecule has 0 bridgehead atoms. The molecule has 0 heterocycles. The standard InChI is InChI=1S/C23H32O2/c1-5-19(6-2)17-20-7-11-22(12-8-20)24-15-16-25-23-13-9-21(10-14-23)18(3)4/h7-14,18-19H,5-6,15-17H2,1-4H3. The van der Waals surface area contributed by atoms with Crippen LogP contribution in [0.5, 0.6) is 11.5 Å². The van der Waals surface area contributed by atoms with Gasteiger partial charge in [-0.2, -0.15) is 0 Å². The Balaban J connectivity index is 1.72. The molecule has 0 saturated heterocycles. The lowest BCUT2D eigenvalue weighted by atomic mass is 9.95. The van der Waals surface area contributed by atoms with Crippen LogP contribution in [0.3, 0.4) is 0 Å². The van der Waals surface area contributed by atoms with E-state index >= 15 is 0 Å². The van der Waals surface area contributed by atoms with Crippen molar-refractivity contribution in [3.63, 3.8) is 0 Å². The molecule has 2 rings (SSSR count). The number of benzene rings is 2. The monoisotopic (exact) mass is 340 g/mol. The molecule has 0 unspecified atom stereocenters. The number of rotatable bonds is 10. The van der Waals surface area contributed by atoms with Crippen LogP contribution >= 0.6 is 0 Å². The second kappa shape index (κ2) is 10.1. The summed E-state index contributed by atoms with van der Waals surface area (Å²) in [6, 6.07) is 16.8. The summed E-state index contributed by atoms with van der Waals surface area (Å²) in [4.78, 5) is 0. The van der Waals surface area contributed by atoms with E-state index in [1.165, 1.54) is 24.0 Å². The summed E-state index contributed by atoms with van der Waals surface area (Å²) >= 11 is 0. The zero-order valence-corrected chi connectivity index (χ0v) is 16.1. The normalized spacial score (nSPS) is 11.1. The highest BCUT2D eigenvalue weighted by Gasteiger charge is 2.05. The van der Waals surface area contributed by atoms with E-state index in [9.17, 15) is 0 Å². The van der Waals surface area contributed by atoms with Crippen LogP contribution in [0.4, 0.5) is 0 Å². The molecule has 0 spiro atoms. The summed E-state index contributed by atoms with van der Waals surface area (Å²) in [5.41, 5.74) is 2.72. The maximum atomic E-state index is 5.78. The fourth-order valence-corrected chi connectivity index (χ4v) is 2.90. The van der Waals surface area contributed by atoms with Crippen LogP contribution in [0.1, 0.15) is 57.6 Å². The fourth-order valence-electron chi connectivity index (χ4n) is 2.90. The van der Waals surface area contributed by atoms with Crippen molar-refractivity contribution in [1.29, 1.82) is 0 Å². The van der Waals surface area contributed by atoms with Gasteiger partial charge in [0.1, 0.15) is 24.7 Å². The van der Waals surface area contributed by atoms with Gasteiger partial charge in [-0.15, -0.1) is 0 Å². The molecule has 0 saturated carbocycles. The fraction of sp³-hybridized carbons (Fsp3) is 0.478. The second-order valence-corrected chi connectivity index (χ2v) is 6.95. The van der Waals surface area contributed by atoms with E-state index in [2.05, 4.69) is 64.1 Å². The lowest BCUT2D eigenvalue weighted by Gasteiger charge is -2.13. The predicted octanol–water partition coefficient (Wildman–Crippen LogP) is 6.25. The van der Waals surface area contributed by atoms with Crippen molar-refractivity contribution < 1.29 is 9.47 Å². The van der Waals surface area contributed by atoms with Gasteiger partial charge in [-0.1, -0.05) is 64.8 Å². The Hall–Kier alpha value is -1.96. The first-order chi connectivity index (χ1) is 12.1. The summed E-state index contributed by atoms with van der Waals surface area (Å²) < 4.78 is 11.5. The van der Waals surface area contributed by atoms with Gasteiger partial charge in [0.15, 0.2) is 0 Å². The Morgan fingerprint density at radius 2 is 1.20 bits per heavy atom. The number of hydrogen-bond acceptors (Lipinski definition) is 2. The topological polar surface area (TPSA) is 18.5 Å². The molecule has 0 aliphatic carbocycles. The third-order valence-electron chi connectivity index (χ3n) is 4.77. The summed E-state index contributed by atoms with van der Waals surface area (Å²) in [5.74, 6) is 3.13. The second-order valence-electron chi connectivity index (χ2n) is 6.95. The number of ether oxygens (including phenoxy) is 2. The first-order valence-electron chi connectivity index (χ1n) is 9.56. The van der Waals surface area contributed by atoms with Crippen LogP contribution < -0.4 is 9.47 Å². The molecule has 0 aliphatic rings. The molecule has 0 N–H and O–H groups in total. The molecule has 2 aromatic carbocycles. The van der Waals surface area contributed by atoms with Crippen LogP contribution in [-0.4, -0.2) is 13.2 Å². The van der Waals surface area contributed by atoms with Gasteiger partial charge >= 0.3 is 0 Å². The van der Waals surface area contributed by atoms with Crippen molar-refractivity contribution in [1.82, 2.24) is 0 Å². The van der Waals surface area contributed by atoms with Crippen molar-refractivity contribution in [2.24, 2.45) is 5.92 Å². The Kier molecular flexibility index (Phi) is 7.84. The average Bonchev–Trinajstić information content (AvgIpc) is 2.64. The average molecular weight is 341 g/mol. The zero-order chi connectivity index (χ0) is 18.1. The van der Waals surface area contributed by atoms with E-state index in [1.807, 2.05) is 12.1 Å². The van der Waals surface area contributed by atoms with Gasteiger partial charge in [-0.05, 0) is 53.6 Å². The molecular formula is C23H32O2. The van der Waals surface area contributed by atoms with Crippen molar-refractivity contribution in [2.75, 3.05) is 13.2 Å². The van der Waals surface area contributed by atoms with E-state index in [4.69, 9.17) is 9.47 Å². The third-order valence-corrected chi connectivity index (χ3v) is 4.77. The van der Waals surface area contributed by atoms with E-state index in [0.29, 0.717) is 19.1 Å². The molecule has 2 nitrogen and oxygen atoms in total. The van der Waals surface area contributed by atoms with E-state index in [0.717, 1.165) is 23.8 Å². The molecule has 0 atom stereocenters. The Morgan fingerprint density at radius 1 is 0.720 bits per heavy atom. The molecule has 2 heteroatoms. The summed E-state index contributed by atoms with van der Waals surface area (Å²) in [5, 5.41) is 0. The Labute approximate surface area is 153 Å². The number of hydrogen-bond donors (Lipinski definition) is 0. The van der Waals surface area contributed by atoms with Crippen molar-refractivity contribution in [2.45, 2.75) is 52.9 Å². The summed E-state index contributed by atoms with van der Waals surface area (Å²) in [6.45, 7) is 10.0. The summed E-state index contributed by atoms with van der Waals surface area (Å²) in [6.07, 6.45) is 3.64.